The molecular formula is C18H20BrNO2. The summed E-state index contributed by atoms with van der Waals surface area (Å²) in [4.78, 5) is 12.0. The normalized spacial score (nSPS) is 11.8. The number of carbonyl (C=O) groups excluding carboxylic acids is 1. The third-order valence-electron chi connectivity index (χ3n) is 3.46. The second-order valence-electron chi connectivity index (χ2n) is 5.39. The second-order valence-corrected chi connectivity index (χ2v) is 6.31. The Labute approximate surface area is 139 Å². The fourth-order valence-corrected chi connectivity index (χ4v) is 2.53. The average molecular weight is 362 g/mol. The predicted molar refractivity (Wildman–Crippen MR) is 92.1 cm³/mol. The first-order chi connectivity index (χ1) is 10.5. The molecular weight excluding hydrogens is 342 g/mol. The number of nitrogens with one attached hydrogen (secondary N) is 1. The average Bonchev–Trinajstić information content (AvgIpc) is 2.49. The highest BCUT2D eigenvalue weighted by molar-refractivity contribution is 9.10. The van der Waals surface area contributed by atoms with Crippen LogP contribution in [-0.2, 0) is 4.79 Å². The van der Waals surface area contributed by atoms with Gasteiger partial charge in [0.05, 0.1) is 6.04 Å². The first kappa shape index (κ1) is 16.6. The summed E-state index contributed by atoms with van der Waals surface area (Å²) < 4.78 is 6.46. The largest absolute Gasteiger partial charge is 0.484 e. The Morgan fingerprint density at radius 2 is 1.86 bits per heavy atom. The van der Waals surface area contributed by atoms with Crippen LogP contribution in [0.15, 0.2) is 46.9 Å². The van der Waals surface area contributed by atoms with Crippen molar-refractivity contribution in [3.8, 4) is 5.75 Å². The van der Waals surface area contributed by atoms with E-state index >= 15 is 0 Å². The van der Waals surface area contributed by atoms with E-state index in [0.29, 0.717) is 5.75 Å². The number of hydrogen-bond donors (Lipinski definition) is 1. The molecule has 0 aliphatic carbocycles. The van der Waals surface area contributed by atoms with E-state index in [4.69, 9.17) is 4.74 Å². The van der Waals surface area contributed by atoms with E-state index in [9.17, 15) is 4.79 Å². The van der Waals surface area contributed by atoms with Crippen LogP contribution in [0.2, 0.25) is 0 Å². The maximum Gasteiger partial charge on any atom is 0.258 e. The third kappa shape index (κ3) is 4.60. The fourth-order valence-electron chi connectivity index (χ4n) is 2.27. The van der Waals surface area contributed by atoms with Gasteiger partial charge in [-0.25, -0.2) is 0 Å². The standard InChI is InChI=1S/C18H20BrNO2/c1-12-4-5-13(2)17(10-12)14(3)20-18(21)11-22-16-8-6-15(19)7-9-16/h4-10,14H,11H2,1-3H3,(H,20,21)/t14-/m1/s1. The van der Waals surface area contributed by atoms with Crippen LogP contribution in [0.1, 0.15) is 29.7 Å². The van der Waals surface area contributed by atoms with Crippen LogP contribution in [0.4, 0.5) is 0 Å². The van der Waals surface area contributed by atoms with Gasteiger partial charge in [0, 0.05) is 4.47 Å². The lowest BCUT2D eigenvalue weighted by molar-refractivity contribution is -0.123. The fraction of sp³-hybridized carbons (Fsp3) is 0.278. The number of carbonyl (C=O) groups is 1. The van der Waals surface area contributed by atoms with E-state index < -0.39 is 0 Å². The van der Waals surface area contributed by atoms with Gasteiger partial charge in [-0.1, -0.05) is 39.7 Å². The quantitative estimate of drug-likeness (QED) is 0.860. The van der Waals surface area contributed by atoms with E-state index in [0.717, 1.165) is 10.0 Å². The molecule has 0 aliphatic rings. The topological polar surface area (TPSA) is 38.3 Å². The first-order valence-corrected chi connectivity index (χ1v) is 8.00. The van der Waals surface area contributed by atoms with Crippen molar-refractivity contribution in [3.63, 3.8) is 0 Å². The van der Waals surface area contributed by atoms with Crippen LogP contribution in [0.5, 0.6) is 5.75 Å². The van der Waals surface area contributed by atoms with Crippen molar-refractivity contribution in [2.75, 3.05) is 6.61 Å². The summed E-state index contributed by atoms with van der Waals surface area (Å²) >= 11 is 3.36. The maximum absolute atomic E-state index is 12.0. The summed E-state index contributed by atoms with van der Waals surface area (Å²) in [5, 5.41) is 2.97. The van der Waals surface area contributed by atoms with Crippen LogP contribution >= 0.6 is 15.9 Å². The number of ether oxygens (including phenoxy) is 1. The minimum atomic E-state index is -0.128. The molecule has 2 aromatic carbocycles. The van der Waals surface area contributed by atoms with E-state index in [1.807, 2.05) is 38.1 Å². The van der Waals surface area contributed by atoms with Crippen molar-refractivity contribution in [1.29, 1.82) is 0 Å². The molecule has 0 saturated heterocycles. The summed E-state index contributed by atoms with van der Waals surface area (Å²) in [6.45, 7) is 6.10. The molecule has 1 N–H and O–H groups in total. The van der Waals surface area contributed by atoms with E-state index in [2.05, 4.69) is 46.4 Å². The summed E-state index contributed by atoms with van der Waals surface area (Å²) in [6.07, 6.45) is 0. The van der Waals surface area contributed by atoms with E-state index in [1.165, 1.54) is 11.1 Å². The van der Waals surface area contributed by atoms with Crippen LogP contribution in [0.3, 0.4) is 0 Å². The van der Waals surface area contributed by atoms with Gasteiger partial charge in [0.25, 0.3) is 5.91 Å². The summed E-state index contributed by atoms with van der Waals surface area (Å²) in [5.41, 5.74) is 3.50. The minimum Gasteiger partial charge on any atom is -0.484 e. The Morgan fingerprint density at radius 1 is 1.18 bits per heavy atom. The Kier molecular flexibility index (Phi) is 5.61. The number of hydrogen-bond acceptors (Lipinski definition) is 2. The number of aryl methyl sites for hydroxylation is 2. The van der Waals surface area contributed by atoms with Crippen LogP contribution < -0.4 is 10.1 Å². The van der Waals surface area contributed by atoms with Crippen molar-refractivity contribution < 1.29 is 9.53 Å². The molecule has 1 amide bonds. The molecule has 0 saturated carbocycles. The lowest BCUT2D eigenvalue weighted by Crippen LogP contribution is -2.31. The maximum atomic E-state index is 12.0. The van der Waals surface area contributed by atoms with Crippen LogP contribution in [0.25, 0.3) is 0 Å². The predicted octanol–water partition coefficient (Wildman–Crippen LogP) is 4.32. The van der Waals surface area contributed by atoms with E-state index in [1.54, 1.807) is 0 Å². The zero-order valence-electron chi connectivity index (χ0n) is 13.0. The molecule has 2 rings (SSSR count). The molecule has 0 fully saturated rings. The number of amides is 1. The summed E-state index contributed by atoms with van der Waals surface area (Å²) in [7, 11) is 0. The molecule has 4 heteroatoms. The highest BCUT2D eigenvalue weighted by atomic mass is 79.9. The van der Waals surface area contributed by atoms with Gasteiger partial charge < -0.3 is 10.1 Å². The molecule has 0 aromatic heterocycles. The van der Waals surface area contributed by atoms with Crippen molar-refractivity contribution >= 4 is 21.8 Å². The van der Waals surface area contributed by atoms with Gasteiger partial charge in [0.15, 0.2) is 6.61 Å². The zero-order chi connectivity index (χ0) is 16.1. The van der Waals surface area contributed by atoms with Gasteiger partial charge in [-0.15, -0.1) is 0 Å². The molecule has 0 radical (unpaired) electrons. The van der Waals surface area contributed by atoms with Gasteiger partial charge in [-0.3, -0.25) is 4.79 Å². The SMILES string of the molecule is Cc1ccc(C)c([C@@H](C)NC(=O)COc2ccc(Br)cc2)c1. The van der Waals surface area contributed by atoms with Crippen molar-refractivity contribution in [2.45, 2.75) is 26.8 Å². The second kappa shape index (κ2) is 7.45. The van der Waals surface area contributed by atoms with Gasteiger partial charge in [0.1, 0.15) is 5.75 Å². The summed E-state index contributed by atoms with van der Waals surface area (Å²) in [5.74, 6) is 0.550. The van der Waals surface area contributed by atoms with Gasteiger partial charge in [0.2, 0.25) is 0 Å². The third-order valence-corrected chi connectivity index (χ3v) is 3.99. The Bertz CT molecular complexity index is 653. The molecule has 1 atom stereocenters. The lowest BCUT2D eigenvalue weighted by Gasteiger charge is -2.17. The monoisotopic (exact) mass is 361 g/mol. The van der Waals surface area contributed by atoms with Gasteiger partial charge in [-0.05, 0) is 56.2 Å². The lowest BCUT2D eigenvalue weighted by atomic mass is 10.00. The van der Waals surface area contributed by atoms with Crippen LogP contribution in [-0.4, -0.2) is 12.5 Å². The van der Waals surface area contributed by atoms with E-state index in [-0.39, 0.29) is 18.6 Å². The Balaban J connectivity index is 1.91. The Morgan fingerprint density at radius 3 is 2.55 bits per heavy atom. The Hall–Kier alpha value is -1.81. The molecule has 2 aromatic rings. The zero-order valence-corrected chi connectivity index (χ0v) is 14.6. The molecule has 116 valence electrons. The van der Waals surface area contributed by atoms with Crippen molar-refractivity contribution in [3.05, 3.63) is 63.6 Å². The molecule has 22 heavy (non-hydrogen) atoms. The molecule has 0 spiro atoms. The van der Waals surface area contributed by atoms with Crippen LogP contribution in [0, 0.1) is 13.8 Å². The molecule has 0 aliphatic heterocycles. The number of rotatable bonds is 5. The smallest absolute Gasteiger partial charge is 0.258 e. The van der Waals surface area contributed by atoms with Gasteiger partial charge >= 0.3 is 0 Å². The highest BCUT2D eigenvalue weighted by Gasteiger charge is 2.12. The first-order valence-electron chi connectivity index (χ1n) is 7.20. The molecule has 3 nitrogen and oxygen atoms in total. The number of benzene rings is 2. The van der Waals surface area contributed by atoms with Crippen molar-refractivity contribution in [1.82, 2.24) is 5.32 Å². The summed E-state index contributed by atoms with van der Waals surface area (Å²) in [6, 6.07) is 13.6. The van der Waals surface area contributed by atoms with Gasteiger partial charge in [-0.2, -0.15) is 0 Å². The molecule has 0 unspecified atom stereocenters. The minimum absolute atomic E-state index is 0.0107. The molecule has 0 heterocycles. The van der Waals surface area contributed by atoms with Crippen molar-refractivity contribution in [2.24, 2.45) is 0 Å². The molecule has 0 bridgehead atoms. The number of halogens is 1. The highest BCUT2D eigenvalue weighted by Crippen LogP contribution is 2.19.